The largest absolute Gasteiger partial charge is 0.354 e. The van der Waals surface area contributed by atoms with Crippen LogP contribution in [0.3, 0.4) is 0 Å². The Morgan fingerprint density at radius 3 is 1.91 bits per heavy atom. The van der Waals surface area contributed by atoms with Gasteiger partial charge in [0.25, 0.3) is 0 Å². The molecule has 0 bridgehead atoms. The average molecular weight is 458 g/mol. The van der Waals surface area contributed by atoms with E-state index in [0.717, 1.165) is 12.8 Å². The van der Waals surface area contributed by atoms with Gasteiger partial charge in [-0.05, 0) is 80.3 Å². The molecule has 0 saturated heterocycles. The number of aromatic amines is 1. The van der Waals surface area contributed by atoms with Crippen LogP contribution in [0.15, 0.2) is 72.8 Å². The molecule has 0 saturated carbocycles. The lowest BCUT2D eigenvalue weighted by Gasteiger charge is -2.24. The topological polar surface area (TPSA) is 15.8 Å². The molecule has 1 heterocycles. The molecule has 1 aliphatic rings. The predicted octanol–water partition coefficient (Wildman–Crippen LogP) is 9.54. The van der Waals surface area contributed by atoms with E-state index < -0.39 is 0 Å². The van der Waals surface area contributed by atoms with Crippen molar-refractivity contribution < 1.29 is 0 Å². The van der Waals surface area contributed by atoms with Crippen molar-refractivity contribution in [3.8, 4) is 22.3 Å². The molecule has 0 spiro atoms. The number of fused-ring (bicyclic) bond motifs is 6. The second-order valence-electron chi connectivity index (χ2n) is 12.1. The van der Waals surface area contributed by atoms with Crippen molar-refractivity contribution >= 4 is 21.8 Å². The molecular formula is C34H35N. The number of H-pyrrole nitrogens is 1. The first-order valence-electron chi connectivity index (χ1n) is 13.0. The minimum Gasteiger partial charge on any atom is -0.354 e. The summed E-state index contributed by atoms with van der Waals surface area (Å²) in [5, 5.41) is 2.60. The lowest BCUT2D eigenvalue weighted by atomic mass is 9.81. The molecule has 1 heteroatoms. The van der Waals surface area contributed by atoms with Crippen molar-refractivity contribution in [2.24, 2.45) is 0 Å². The van der Waals surface area contributed by atoms with Gasteiger partial charge in [0, 0.05) is 21.8 Å². The summed E-state index contributed by atoms with van der Waals surface area (Å²) in [4.78, 5) is 3.69. The number of rotatable bonds is 3. The Morgan fingerprint density at radius 1 is 0.629 bits per heavy atom. The maximum Gasteiger partial charge on any atom is 0.0471 e. The lowest BCUT2D eigenvalue weighted by Crippen LogP contribution is -2.15. The van der Waals surface area contributed by atoms with E-state index in [1.54, 1.807) is 0 Å². The number of benzene rings is 4. The maximum atomic E-state index is 3.69. The van der Waals surface area contributed by atoms with Crippen molar-refractivity contribution in [2.75, 3.05) is 0 Å². The molecule has 1 nitrogen and oxygen atoms in total. The van der Waals surface area contributed by atoms with E-state index in [-0.39, 0.29) is 10.8 Å². The molecule has 0 radical (unpaired) electrons. The predicted molar refractivity (Wildman–Crippen MR) is 151 cm³/mol. The van der Waals surface area contributed by atoms with Crippen LogP contribution in [-0.4, -0.2) is 4.98 Å². The smallest absolute Gasteiger partial charge is 0.0471 e. The van der Waals surface area contributed by atoms with Crippen LogP contribution >= 0.6 is 0 Å². The van der Waals surface area contributed by atoms with Crippen molar-refractivity contribution in [3.63, 3.8) is 0 Å². The summed E-state index contributed by atoms with van der Waals surface area (Å²) in [6.07, 6.45) is 2.17. The zero-order valence-corrected chi connectivity index (χ0v) is 21.8. The van der Waals surface area contributed by atoms with Crippen molar-refractivity contribution in [1.82, 2.24) is 4.98 Å². The van der Waals surface area contributed by atoms with E-state index >= 15 is 0 Å². The quantitative estimate of drug-likeness (QED) is 0.272. The Morgan fingerprint density at radius 2 is 1.20 bits per heavy atom. The van der Waals surface area contributed by atoms with Gasteiger partial charge in [-0.1, -0.05) is 102 Å². The van der Waals surface area contributed by atoms with Crippen LogP contribution in [0.2, 0.25) is 0 Å². The Labute approximate surface area is 209 Å². The molecule has 6 rings (SSSR count). The van der Waals surface area contributed by atoms with Crippen LogP contribution in [0.5, 0.6) is 0 Å². The normalized spacial score (nSPS) is 13.4. The monoisotopic (exact) mass is 457 g/mol. The second-order valence-corrected chi connectivity index (χ2v) is 12.1. The Bertz CT molecular complexity index is 1600. The van der Waals surface area contributed by atoms with Crippen molar-refractivity contribution in [3.05, 3.63) is 95.1 Å². The molecular weight excluding hydrogens is 422 g/mol. The molecule has 1 N–H and O–H groups in total. The van der Waals surface area contributed by atoms with Crippen molar-refractivity contribution in [2.45, 2.75) is 65.2 Å². The number of aromatic nitrogens is 1. The molecule has 0 unspecified atom stereocenters. The molecule has 0 atom stereocenters. The molecule has 4 aromatic carbocycles. The summed E-state index contributed by atoms with van der Waals surface area (Å²) in [6.45, 7) is 13.8. The van der Waals surface area contributed by atoms with Gasteiger partial charge in [0.05, 0.1) is 0 Å². The minimum absolute atomic E-state index is 0.145. The Kier molecular flexibility index (Phi) is 4.81. The van der Waals surface area contributed by atoms with E-state index in [0.29, 0.717) is 0 Å². The second kappa shape index (κ2) is 7.59. The number of hydrogen-bond donors (Lipinski definition) is 1. The third-order valence-electron chi connectivity index (χ3n) is 8.34. The van der Waals surface area contributed by atoms with Gasteiger partial charge >= 0.3 is 0 Å². The zero-order chi connectivity index (χ0) is 24.5. The summed E-state index contributed by atoms with van der Waals surface area (Å²) in [5.74, 6) is 0. The summed E-state index contributed by atoms with van der Waals surface area (Å²) < 4.78 is 0. The summed E-state index contributed by atoms with van der Waals surface area (Å²) in [5.41, 5.74) is 13.9. The highest BCUT2D eigenvalue weighted by molar-refractivity contribution is 6.08. The average Bonchev–Trinajstić information content (AvgIpc) is 3.39. The molecule has 176 valence electrons. The standard InChI is InChI=1S/C34H35N/c1-7-34(5,6)26-11-14-28-24(18-26)17-23-16-21(8-12-27(23)28)22-9-13-29-30-15-10-25(33(2,3)4)20-32(30)35-31(29)19-22/h8-16,18-20,35H,7,17H2,1-6H3. The Balaban J connectivity index is 1.37. The zero-order valence-electron chi connectivity index (χ0n) is 21.8. The molecule has 0 aliphatic heterocycles. The lowest BCUT2D eigenvalue weighted by molar-refractivity contribution is 0.506. The van der Waals surface area contributed by atoms with Crippen LogP contribution in [0.1, 0.15) is 70.2 Å². The first-order valence-corrected chi connectivity index (χ1v) is 13.0. The first-order chi connectivity index (χ1) is 16.6. The fourth-order valence-corrected chi connectivity index (χ4v) is 5.57. The van der Waals surface area contributed by atoms with Gasteiger partial charge in [0.15, 0.2) is 0 Å². The van der Waals surface area contributed by atoms with Gasteiger partial charge in [0.2, 0.25) is 0 Å². The summed E-state index contributed by atoms with van der Waals surface area (Å²) >= 11 is 0. The Hall–Kier alpha value is -3.32. The van der Waals surface area contributed by atoms with E-state index in [9.17, 15) is 0 Å². The van der Waals surface area contributed by atoms with Crippen LogP contribution in [0, 0.1) is 0 Å². The third kappa shape index (κ3) is 3.60. The fourth-order valence-electron chi connectivity index (χ4n) is 5.57. The fraction of sp³-hybridized carbons (Fsp3) is 0.294. The highest BCUT2D eigenvalue weighted by Gasteiger charge is 2.24. The molecule has 1 aliphatic carbocycles. The molecule has 0 fully saturated rings. The van der Waals surface area contributed by atoms with Gasteiger partial charge < -0.3 is 4.98 Å². The van der Waals surface area contributed by atoms with E-state index in [1.165, 1.54) is 66.3 Å². The van der Waals surface area contributed by atoms with Crippen molar-refractivity contribution in [1.29, 1.82) is 0 Å². The van der Waals surface area contributed by atoms with Gasteiger partial charge in [-0.3, -0.25) is 0 Å². The van der Waals surface area contributed by atoms with Gasteiger partial charge in [-0.25, -0.2) is 0 Å². The van der Waals surface area contributed by atoms with Crippen LogP contribution in [0.4, 0.5) is 0 Å². The number of nitrogens with one attached hydrogen (secondary N) is 1. The molecule has 1 aromatic heterocycles. The first kappa shape index (κ1) is 22.2. The molecule has 35 heavy (non-hydrogen) atoms. The van der Waals surface area contributed by atoms with E-state index in [4.69, 9.17) is 0 Å². The highest BCUT2D eigenvalue weighted by atomic mass is 14.7. The third-order valence-corrected chi connectivity index (χ3v) is 8.34. The van der Waals surface area contributed by atoms with Gasteiger partial charge in [-0.15, -0.1) is 0 Å². The highest BCUT2D eigenvalue weighted by Crippen LogP contribution is 2.41. The van der Waals surface area contributed by atoms with Gasteiger partial charge in [-0.2, -0.15) is 0 Å². The summed E-state index contributed by atoms with van der Waals surface area (Å²) in [6, 6.07) is 27.9. The van der Waals surface area contributed by atoms with Crippen LogP contribution in [0.25, 0.3) is 44.1 Å². The van der Waals surface area contributed by atoms with Crippen LogP contribution in [-0.2, 0) is 17.3 Å². The SMILES string of the molecule is CCC(C)(C)c1ccc2c(c1)Cc1cc(-c3ccc4c(c3)[nH]c3cc(C(C)(C)C)ccc34)ccc1-2. The molecule has 0 amide bonds. The maximum absolute atomic E-state index is 3.69. The number of hydrogen-bond acceptors (Lipinski definition) is 0. The molecule has 5 aromatic rings. The van der Waals surface area contributed by atoms with E-state index in [2.05, 4.69) is 119 Å². The van der Waals surface area contributed by atoms with Gasteiger partial charge in [0.1, 0.15) is 0 Å². The minimum atomic E-state index is 0.145. The van der Waals surface area contributed by atoms with Crippen LogP contribution < -0.4 is 0 Å². The summed E-state index contributed by atoms with van der Waals surface area (Å²) in [7, 11) is 0. The van der Waals surface area contributed by atoms with E-state index in [1.807, 2.05) is 0 Å².